The molecule has 0 fully saturated rings. The van der Waals surface area contributed by atoms with Gasteiger partial charge in [-0.1, -0.05) is 56.3 Å². The Hall–Kier alpha value is -3.56. The van der Waals surface area contributed by atoms with Crippen molar-refractivity contribution in [1.29, 1.82) is 0 Å². The van der Waals surface area contributed by atoms with Gasteiger partial charge in [-0.25, -0.2) is 9.59 Å². The average Bonchev–Trinajstić information content (AvgIpc) is 2.77. The zero-order chi connectivity index (χ0) is 25.3. The van der Waals surface area contributed by atoms with Gasteiger partial charge >= 0.3 is 18.2 Å². The summed E-state index contributed by atoms with van der Waals surface area (Å²) in [6, 6.07) is 10.5. The van der Waals surface area contributed by atoms with Crippen LogP contribution in [0.5, 0.6) is 0 Å². The molecule has 0 aromatic heterocycles. The van der Waals surface area contributed by atoms with Crippen molar-refractivity contribution in [1.82, 2.24) is 10.6 Å². The third-order valence-corrected chi connectivity index (χ3v) is 4.86. The number of carboxylic acid groups (broad SMARTS) is 1. The Morgan fingerprint density at radius 1 is 0.912 bits per heavy atom. The first-order valence-electron chi connectivity index (χ1n) is 10.6. The van der Waals surface area contributed by atoms with Gasteiger partial charge in [-0.3, -0.25) is 4.79 Å². The lowest BCUT2D eigenvalue weighted by Gasteiger charge is -2.22. The second kappa shape index (κ2) is 12.1. The van der Waals surface area contributed by atoms with Gasteiger partial charge in [0.15, 0.2) is 0 Å². The first-order chi connectivity index (χ1) is 16.0. The number of aliphatic carboxylic acids is 1. The summed E-state index contributed by atoms with van der Waals surface area (Å²) in [5, 5.41) is 14.3. The summed E-state index contributed by atoms with van der Waals surface area (Å²) in [5.74, 6) is -2.10. The van der Waals surface area contributed by atoms with Gasteiger partial charge in [0.25, 0.3) is 0 Å². The predicted octanol–water partition coefficient (Wildman–Crippen LogP) is 4.16. The molecule has 0 radical (unpaired) electrons. The number of carboxylic acids is 1. The zero-order valence-electron chi connectivity index (χ0n) is 18.8. The van der Waals surface area contributed by atoms with E-state index in [-0.39, 0.29) is 25.4 Å². The third-order valence-electron chi connectivity index (χ3n) is 4.86. The molecule has 0 aliphatic rings. The van der Waals surface area contributed by atoms with E-state index in [1.165, 1.54) is 0 Å². The van der Waals surface area contributed by atoms with Crippen LogP contribution in [0.2, 0.25) is 0 Å². The molecule has 7 nitrogen and oxygen atoms in total. The van der Waals surface area contributed by atoms with E-state index < -0.39 is 41.8 Å². The number of carbonyl (C=O) groups excluding carboxylic acids is 2. The minimum atomic E-state index is -4.51. The van der Waals surface area contributed by atoms with Crippen molar-refractivity contribution >= 4 is 18.0 Å². The smallest absolute Gasteiger partial charge is 0.416 e. The summed E-state index contributed by atoms with van der Waals surface area (Å²) >= 11 is 0. The lowest BCUT2D eigenvalue weighted by molar-refractivity contribution is -0.142. The van der Waals surface area contributed by atoms with E-state index in [4.69, 9.17) is 4.74 Å². The highest BCUT2D eigenvalue weighted by Gasteiger charge is 2.31. The van der Waals surface area contributed by atoms with E-state index in [1.807, 2.05) is 19.9 Å². The van der Waals surface area contributed by atoms with E-state index in [0.717, 1.165) is 29.8 Å². The van der Waals surface area contributed by atoms with Gasteiger partial charge < -0.3 is 20.5 Å². The topological polar surface area (TPSA) is 105 Å². The highest BCUT2D eigenvalue weighted by Crippen LogP contribution is 2.29. The maximum atomic E-state index is 12.8. The molecular weight excluding hydrogens is 453 g/mol. The standard InChI is InChI=1S/C24H27F3N2O5/c1-15(2)12-19(29-23(33)34-14-17-6-4-3-5-7-17)21(30)28-20(22(31)32)13-16-8-10-18(11-9-16)24(25,26)27/h3-11,15,19-20H,12-14H2,1-2H3,(H,28,30)(H,29,33)(H,31,32)/t19-,20-/m0/s1. The number of hydrogen-bond acceptors (Lipinski definition) is 4. The molecule has 0 unspecified atom stereocenters. The fourth-order valence-corrected chi connectivity index (χ4v) is 3.15. The van der Waals surface area contributed by atoms with Gasteiger partial charge in [0.1, 0.15) is 18.7 Å². The predicted molar refractivity (Wildman–Crippen MR) is 118 cm³/mol. The SMILES string of the molecule is CC(C)C[C@H](NC(=O)OCc1ccccc1)C(=O)N[C@@H](Cc1ccc(C(F)(F)F)cc1)C(=O)O. The molecule has 2 atom stereocenters. The van der Waals surface area contributed by atoms with Crippen LogP contribution in [0, 0.1) is 5.92 Å². The molecule has 2 rings (SSSR count). The number of carbonyl (C=O) groups is 3. The normalized spacial score (nSPS) is 13.1. The number of halogens is 3. The summed E-state index contributed by atoms with van der Waals surface area (Å²) in [7, 11) is 0. The number of amides is 2. The van der Waals surface area contributed by atoms with Crippen molar-refractivity contribution in [3.05, 3.63) is 71.3 Å². The second-order valence-corrected chi connectivity index (χ2v) is 8.19. The molecule has 0 aliphatic heterocycles. The molecule has 3 N–H and O–H groups in total. The maximum Gasteiger partial charge on any atom is 0.416 e. The van der Waals surface area contributed by atoms with Crippen LogP contribution in [0.15, 0.2) is 54.6 Å². The fourth-order valence-electron chi connectivity index (χ4n) is 3.15. The highest BCUT2D eigenvalue weighted by molar-refractivity contribution is 5.89. The third kappa shape index (κ3) is 8.76. The Balaban J connectivity index is 2.02. The van der Waals surface area contributed by atoms with Crippen LogP contribution in [0.3, 0.4) is 0 Å². The number of nitrogens with one attached hydrogen (secondary N) is 2. The molecular formula is C24H27F3N2O5. The van der Waals surface area contributed by atoms with Crippen LogP contribution in [0.4, 0.5) is 18.0 Å². The molecule has 0 spiro atoms. The van der Waals surface area contributed by atoms with Crippen LogP contribution in [0.25, 0.3) is 0 Å². The molecule has 0 bridgehead atoms. The van der Waals surface area contributed by atoms with Crippen molar-refractivity contribution in [2.75, 3.05) is 0 Å². The lowest BCUT2D eigenvalue weighted by atomic mass is 10.0. The van der Waals surface area contributed by atoms with Crippen LogP contribution < -0.4 is 10.6 Å². The number of ether oxygens (including phenoxy) is 1. The number of hydrogen-bond donors (Lipinski definition) is 3. The Morgan fingerprint density at radius 2 is 1.53 bits per heavy atom. The molecule has 2 amide bonds. The van der Waals surface area contributed by atoms with Crippen LogP contribution in [-0.2, 0) is 33.5 Å². The van der Waals surface area contributed by atoms with Gasteiger partial charge in [-0.15, -0.1) is 0 Å². The maximum absolute atomic E-state index is 12.8. The number of alkyl halides is 3. The molecule has 0 heterocycles. The van der Waals surface area contributed by atoms with Crippen LogP contribution in [0.1, 0.15) is 37.0 Å². The second-order valence-electron chi connectivity index (χ2n) is 8.19. The Bertz CT molecular complexity index is 963. The van der Waals surface area contributed by atoms with Gasteiger partial charge in [-0.2, -0.15) is 13.2 Å². The van der Waals surface area contributed by atoms with Gasteiger partial charge in [0.2, 0.25) is 5.91 Å². The summed E-state index contributed by atoms with van der Waals surface area (Å²) < 4.78 is 43.3. The Kier molecular flexibility index (Phi) is 9.47. The van der Waals surface area contributed by atoms with E-state index >= 15 is 0 Å². The Labute approximate surface area is 195 Å². The largest absolute Gasteiger partial charge is 0.480 e. The molecule has 2 aromatic carbocycles. The first-order valence-corrected chi connectivity index (χ1v) is 10.6. The van der Waals surface area contributed by atoms with Crippen molar-refractivity contribution < 1.29 is 37.4 Å². The van der Waals surface area contributed by atoms with E-state index in [2.05, 4.69) is 10.6 Å². The number of alkyl carbamates (subject to hydrolysis) is 1. The van der Waals surface area contributed by atoms with Crippen LogP contribution in [-0.4, -0.2) is 35.2 Å². The molecule has 10 heteroatoms. The molecule has 0 saturated heterocycles. The van der Waals surface area contributed by atoms with Gasteiger partial charge in [0, 0.05) is 6.42 Å². The molecule has 34 heavy (non-hydrogen) atoms. The molecule has 2 aromatic rings. The molecule has 0 aliphatic carbocycles. The zero-order valence-corrected chi connectivity index (χ0v) is 18.8. The average molecular weight is 480 g/mol. The van der Waals surface area contributed by atoms with Crippen molar-refractivity contribution in [3.63, 3.8) is 0 Å². The van der Waals surface area contributed by atoms with Crippen molar-refractivity contribution in [2.24, 2.45) is 5.92 Å². The van der Waals surface area contributed by atoms with E-state index in [1.54, 1.807) is 24.3 Å². The van der Waals surface area contributed by atoms with Crippen molar-refractivity contribution in [2.45, 2.75) is 51.6 Å². The fraction of sp³-hybridized carbons (Fsp3) is 0.375. The molecule has 0 saturated carbocycles. The van der Waals surface area contributed by atoms with E-state index in [9.17, 15) is 32.7 Å². The molecule has 184 valence electrons. The minimum absolute atomic E-state index is 0.00559. The summed E-state index contributed by atoms with van der Waals surface area (Å²) in [4.78, 5) is 36.7. The minimum Gasteiger partial charge on any atom is -0.480 e. The summed E-state index contributed by atoms with van der Waals surface area (Å²) in [5.41, 5.74) is 0.198. The monoisotopic (exact) mass is 480 g/mol. The van der Waals surface area contributed by atoms with Crippen molar-refractivity contribution in [3.8, 4) is 0 Å². The highest BCUT2D eigenvalue weighted by atomic mass is 19.4. The first kappa shape index (κ1) is 26.7. The lowest BCUT2D eigenvalue weighted by Crippen LogP contribution is -2.52. The quantitative estimate of drug-likeness (QED) is 0.474. The number of rotatable bonds is 10. The summed E-state index contributed by atoms with van der Waals surface area (Å²) in [6.07, 6.45) is -5.35. The summed E-state index contributed by atoms with van der Waals surface area (Å²) in [6.45, 7) is 3.65. The van der Waals surface area contributed by atoms with Gasteiger partial charge in [0.05, 0.1) is 5.56 Å². The van der Waals surface area contributed by atoms with E-state index in [0.29, 0.717) is 5.56 Å². The van der Waals surface area contributed by atoms with Gasteiger partial charge in [-0.05, 0) is 35.6 Å². The number of benzene rings is 2. The Morgan fingerprint density at radius 3 is 2.06 bits per heavy atom. The van der Waals surface area contributed by atoms with Crippen LogP contribution >= 0.6 is 0 Å².